The second-order valence-corrected chi connectivity index (χ2v) is 6.86. The van der Waals surface area contributed by atoms with Crippen LogP contribution in [-0.2, 0) is 0 Å². The highest BCUT2D eigenvalue weighted by atomic mass is 16.5. The molecule has 28 heavy (non-hydrogen) atoms. The Kier molecular flexibility index (Phi) is 6.81. The SMILES string of the molecule is CN=C(NCC(c1ccc(C)o1)N1CCCC1)Nc1ccc(OC)c(OC)c1. The molecule has 3 rings (SSSR count). The summed E-state index contributed by atoms with van der Waals surface area (Å²) < 4.78 is 16.6. The Bertz CT molecular complexity index is 797. The lowest BCUT2D eigenvalue weighted by molar-refractivity contribution is 0.214. The molecule has 0 radical (unpaired) electrons. The zero-order chi connectivity index (χ0) is 19.9. The van der Waals surface area contributed by atoms with Crippen molar-refractivity contribution in [2.45, 2.75) is 25.8 Å². The maximum absolute atomic E-state index is 5.93. The number of hydrogen-bond acceptors (Lipinski definition) is 5. The number of nitrogens with one attached hydrogen (secondary N) is 2. The maximum Gasteiger partial charge on any atom is 0.195 e. The monoisotopic (exact) mass is 386 g/mol. The van der Waals surface area contributed by atoms with E-state index in [-0.39, 0.29) is 6.04 Å². The molecular weight excluding hydrogens is 356 g/mol. The highest BCUT2D eigenvalue weighted by molar-refractivity contribution is 5.93. The Morgan fingerprint density at radius 2 is 1.89 bits per heavy atom. The summed E-state index contributed by atoms with van der Waals surface area (Å²) in [5, 5.41) is 6.75. The summed E-state index contributed by atoms with van der Waals surface area (Å²) in [5.41, 5.74) is 0.873. The second kappa shape index (κ2) is 9.50. The van der Waals surface area contributed by atoms with Crippen LogP contribution in [0.15, 0.2) is 39.7 Å². The molecule has 1 aromatic carbocycles. The number of benzene rings is 1. The quantitative estimate of drug-likeness (QED) is 0.561. The predicted molar refractivity (Wildman–Crippen MR) is 112 cm³/mol. The van der Waals surface area contributed by atoms with Crippen LogP contribution in [0.25, 0.3) is 0 Å². The molecule has 0 amide bonds. The number of furan rings is 1. The predicted octanol–water partition coefficient (Wildman–Crippen LogP) is 3.43. The van der Waals surface area contributed by atoms with E-state index in [9.17, 15) is 0 Å². The Balaban J connectivity index is 1.67. The van der Waals surface area contributed by atoms with Crippen LogP contribution in [0.1, 0.15) is 30.4 Å². The molecule has 1 aliphatic rings. The lowest BCUT2D eigenvalue weighted by atomic mass is 10.2. The molecule has 7 heteroatoms. The smallest absolute Gasteiger partial charge is 0.195 e. The van der Waals surface area contributed by atoms with E-state index in [0.717, 1.165) is 30.3 Å². The minimum atomic E-state index is 0.181. The zero-order valence-electron chi connectivity index (χ0n) is 17.1. The first-order valence-corrected chi connectivity index (χ1v) is 9.64. The number of likely N-dealkylation sites (tertiary alicyclic amines) is 1. The minimum absolute atomic E-state index is 0.181. The summed E-state index contributed by atoms with van der Waals surface area (Å²) in [6.07, 6.45) is 2.46. The molecule has 2 aromatic rings. The molecule has 2 N–H and O–H groups in total. The third-order valence-corrected chi connectivity index (χ3v) is 5.00. The van der Waals surface area contributed by atoms with Crippen molar-refractivity contribution in [3.63, 3.8) is 0 Å². The molecule has 1 aliphatic heterocycles. The molecule has 0 spiro atoms. The summed E-state index contributed by atoms with van der Waals surface area (Å²) in [7, 11) is 5.01. The Labute approximate surface area is 166 Å². The molecule has 1 atom stereocenters. The van der Waals surface area contributed by atoms with Crippen molar-refractivity contribution in [1.29, 1.82) is 0 Å². The van der Waals surface area contributed by atoms with Crippen molar-refractivity contribution in [1.82, 2.24) is 10.2 Å². The molecule has 152 valence electrons. The average molecular weight is 386 g/mol. The molecule has 0 aliphatic carbocycles. The van der Waals surface area contributed by atoms with Gasteiger partial charge in [0, 0.05) is 25.3 Å². The normalized spacial score (nSPS) is 16.1. The van der Waals surface area contributed by atoms with E-state index in [0.29, 0.717) is 24.0 Å². The number of methoxy groups -OCH3 is 2. The van der Waals surface area contributed by atoms with Crippen LogP contribution in [-0.4, -0.2) is 51.8 Å². The Hall–Kier alpha value is -2.67. The molecule has 1 aromatic heterocycles. The van der Waals surface area contributed by atoms with Crippen LogP contribution in [0.5, 0.6) is 11.5 Å². The van der Waals surface area contributed by atoms with E-state index in [1.54, 1.807) is 21.3 Å². The molecule has 1 unspecified atom stereocenters. The third kappa shape index (κ3) is 4.78. The topological polar surface area (TPSA) is 71.3 Å². The van der Waals surface area contributed by atoms with Crippen molar-refractivity contribution >= 4 is 11.6 Å². The summed E-state index contributed by atoms with van der Waals surface area (Å²) in [5.74, 6) is 3.99. The first-order chi connectivity index (χ1) is 13.6. The van der Waals surface area contributed by atoms with Crippen molar-refractivity contribution in [2.24, 2.45) is 4.99 Å². The fraction of sp³-hybridized carbons (Fsp3) is 0.476. The fourth-order valence-electron chi connectivity index (χ4n) is 3.52. The number of nitrogens with zero attached hydrogens (tertiary/aromatic N) is 2. The lowest BCUT2D eigenvalue weighted by Gasteiger charge is -2.26. The van der Waals surface area contributed by atoms with Crippen LogP contribution >= 0.6 is 0 Å². The van der Waals surface area contributed by atoms with Gasteiger partial charge in [0.25, 0.3) is 0 Å². The molecule has 1 fully saturated rings. The number of aryl methyl sites for hydroxylation is 1. The average Bonchev–Trinajstić information content (AvgIpc) is 3.39. The maximum atomic E-state index is 5.93. The number of hydrogen-bond donors (Lipinski definition) is 2. The number of ether oxygens (including phenoxy) is 2. The van der Waals surface area contributed by atoms with E-state index < -0.39 is 0 Å². The van der Waals surface area contributed by atoms with Crippen LogP contribution in [0.2, 0.25) is 0 Å². The van der Waals surface area contributed by atoms with E-state index in [1.165, 1.54) is 12.8 Å². The van der Waals surface area contributed by atoms with Crippen molar-refractivity contribution in [3.8, 4) is 11.5 Å². The molecule has 0 saturated carbocycles. The summed E-state index contributed by atoms with van der Waals surface area (Å²) in [6.45, 7) is 4.87. The van der Waals surface area contributed by atoms with Gasteiger partial charge < -0.3 is 24.5 Å². The van der Waals surface area contributed by atoms with E-state index in [2.05, 4.69) is 26.6 Å². The molecular formula is C21H30N4O3. The van der Waals surface area contributed by atoms with Gasteiger partial charge in [0.05, 0.1) is 20.3 Å². The van der Waals surface area contributed by atoms with Crippen LogP contribution in [0, 0.1) is 6.92 Å². The lowest BCUT2D eigenvalue weighted by Crippen LogP contribution is -2.39. The highest BCUT2D eigenvalue weighted by Crippen LogP contribution is 2.30. The Morgan fingerprint density at radius 3 is 2.50 bits per heavy atom. The van der Waals surface area contributed by atoms with Crippen molar-refractivity contribution in [3.05, 3.63) is 41.9 Å². The summed E-state index contributed by atoms with van der Waals surface area (Å²) in [6, 6.07) is 9.97. The largest absolute Gasteiger partial charge is 0.493 e. The van der Waals surface area contributed by atoms with Crippen LogP contribution in [0.3, 0.4) is 0 Å². The number of rotatable bonds is 7. The van der Waals surface area contributed by atoms with Gasteiger partial charge >= 0.3 is 0 Å². The van der Waals surface area contributed by atoms with Gasteiger partial charge in [-0.2, -0.15) is 0 Å². The number of guanidine groups is 1. The van der Waals surface area contributed by atoms with E-state index in [4.69, 9.17) is 13.9 Å². The Morgan fingerprint density at radius 1 is 1.14 bits per heavy atom. The fourth-order valence-corrected chi connectivity index (χ4v) is 3.52. The third-order valence-electron chi connectivity index (χ3n) is 5.00. The van der Waals surface area contributed by atoms with Gasteiger partial charge in [-0.25, -0.2) is 0 Å². The van der Waals surface area contributed by atoms with Gasteiger partial charge in [-0.1, -0.05) is 0 Å². The minimum Gasteiger partial charge on any atom is -0.493 e. The highest BCUT2D eigenvalue weighted by Gasteiger charge is 2.26. The molecule has 7 nitrogen and oxygen atoms in total. The second-order valence-electron chi connectivity index (χ2n) is 6.86. The number of aliphatic imine (C=N–C) groups is 1. The first kappa shape index (κ1) is 20.1. The first-order valence-electron chi connectivity index (χ1n) is 9.64. The zero-order valence-corrected chi connectivity index (χ0v) is 17.1. The van der Waals surface area contributed by atoms with Gasteiger partial charge in [0.15, 0.2) is 17.5 Å². The summed E-state index contributed by atoms with van der Waals surface area (Å²) >= 11 is 0. The van der Waals surface area contributed by atoms with Gasteiger partial charge in [-0.3, -0.25) is 9.89 Å². The van der Waals surface area contributed by atoms with Crippen LogP contribution in [0.4, 0.5) is 5.69 Å². The molecule has 2 heterocycles. The van der Waals surface area contributed by atoms with Gasteiger partial charge in [-0.15, -0.1) is 0 Å². The van der Waals surface area contributed by atoms with Crippen molar-refractivity contribution < 1.29 is 13.9 Å². The van der Waals surface area contributed by atoms with Crippen molar-refractivity contribution in [2.75, 3.05) is 46.2 Å². The number of anilines is 1. The molecule has 0 bridgehead atoms. The van der Waals surface area contributed by atoms with Crippen LogP contribution < -0.4 is 20.1 Å². The van der Waals surface area contributed by atoms with Gasteiger partial charge in [0.2, 0.25) is 0 Å². The molecule has 1 saturated heterocycles. The van der Waals surface area contributed by atoms with E-state index in [1.807, 2.05) is 31.2 Å². The summed E-state index contributed by atoms with van der Waals surface area (Å²) in [4.78, 5) is 6.82. The van der Waals surface area contributed by atoms with Gasteiger partial charge in [0.1, 0.15) is 11.5 Å². The standard InChI is InChI=1S/C21H30N4O3/c1-15-7-9-18(28-15)17(25-11-5-6-12-25)14-23-21(22-2)24-16-8-10-19(26-3)20(13-16)27-4/h7-10,13,17H,5-6,11-12,14H2,1-4H3,(H2,22,23,24). The van der Waals surface area contributed by atoms with Gasteiger partial charge in [-0.05, 0) is 57.1 Å². The van der Waals surface area contributed by atoms with E-state index >= 15 is 0 Å².